The fourth-order valence-electron chi connectivity index (χ4n) is 3.51. The molecule has 2 aliphatic heterocycles. The Labute approximate surface area is 174 Å². The third kappa shape index (κ3) is 5.17. The van der Waals surface area contributed by atoms with Crippen molar-refractivity contribution in [3.8, 4) is 11.8 Å². The van der Waals surface area contributed by atoms with Crippen molar-refractivity contribution in [1.82, 2.24) is 14.9 Å². The number of benzene rings is 1. The van der Waals surface area contributed by atoms with Crippen molar-refractivity contribution in [3.63, 3.8) is 0 Å². The zero-order chi connectivity index (χ0) is 22.0. The number of ether oxygens (including phenoxy) is 3. The molecule has 2 aromatic rings. The first kappa shape index (κ1) is 21.2. The van der Waals surface area contributed by atoms with Crippen LogP contribution in [0.3, 0.4) is 0 Å². The zero-order valence-electron chi connectivity index (χ0n) is 16.3. The number of halogens is 3. The van der Waals surface area contributed by atoms with Crippen LogP contribution in [0.25, 0.3) is 0 Å². The SMILES string of the molecule is O=[N+]([O-])c1cn2c(n1)OC[C@@H](NCc1ccc(OC(F)(F)F)c(N3CCOCC3)c1)C2. The molecule has 3 heterocycles. The Morgan fingerprint density at radius 2 is 2.10 bits per heavy atom. The number of alkyl halides is 3. The summed E-state index contributed by atoms with van der Waals surface area (Å²) in [6.07, 6.45) is -3.48. The molecule has 1 saturated heterocycles. The number of hydrogen-bond acceptors (Lipinski definition) is 8. The molecule has 1 N–H and O–H groups in total. The maximum Gasteiger partial charge on any atom is 0.573 e. The van der Waals surface area contributed by atoms with Gasteiger partial charge in [-0.2, -0.15) is 0 Å². The number of nitrogens with one attached hydrogen (secondary N) is 1. The smallest absolute Gasteiger partial charge is 0.444 e. The van der Waals surface area contributed by atoms with Gasteiger partial charge in [0, 0.05) is 31.2 Å². The lowest BCUT2D eigenvalue weighted by Crippen LogP contribution is -2.41. The van der Waals surface area contributed by atoms with Gasteiger partial charge in [0.05, 0.1) is 24.9 Å². The highest BCUT2D eigenvalue weighted by molar-refractivity contribution is 5.60. The molecule has 10 nitrogen and oxygen atoms in total. The van der Waals surface area contributed by atoms with Crippen LogP contribution in [0.15, 0.2) is 24.4 Å². The Balaban J connectivity index is 1.45. The highest BCUT2D eigenvalue weighted by Gasteiger charge is 2.33. The molecular formula is C18H20F3N5O5. The first-order valence-corrected chi connectivity index (χ1v) is 9.57. The number of nitrogens with zero attached hydrogens (tertiary/aromatic N) is 4. The number of anilines is 1. The summed E-state index contributed by atoms with van der Waals surface area (Å²) in [6.45, 7) is 2.82. The predicted molar refractivity (Wildman–Crippen MR) is 101 cm³/mol. The zero-order valence-corrected chi connectivity index (χ0v) is 16.3. The van der Waals surface area contributed by atoms with Crippen molar-refractivity contribution in [3.05, 3.63) is 40.1 Å². The quantitative estimate of drug-likeness (QED) is 0.535. The average molecular weight is 443 g/mol. The molecule has 1 aromatic carbocycles. The number of morpholine rings is 1. The summed E-state index contributed by atoms with van der Waals surface area (Å²) >= 11 is 0. The van der Waals surface area contributed by atoms with Gasteiger partial charge < -0.3 is 34.5 Å². The second-order valence-corrected chi connectivity index (χ2v) is 7.13. The summed E-state index contributed by atoms with van der Waals surface area (Å²) in [5, 5.41) is 14.1. The van der Waals surface area contributed by atoms with Gasteiger partial charge in [-0.25, -0.2) is 0 Å². The maximum atomic E-state index is 12.8. The number of hydrogen-bond donors (Lipinski definition) is 1. The third-order valence-electron chi connectivity index (χ3n) is 4.94. The number of nitro groups is 1. The highest BCUT2D eigenvalue weighted by atomic mass is 19.4. The van der Waals surface area contributed by atoms with Gasteiger partial charge in [0.25, 0.3) is 0 Å². The van der Waals surface area contributed by atoms with E-state index in [0.717, 1.165) is 5.56 Å². The minimum atomic E-state index is -4.79. The second-order valence-electron chi connectivity index (χ2n) is 7.13. The fourth-order valence-corrected chi connectivity index (χ4v) is 3.51. The Bertz CT molecular complexity index is 945. The number of aromatic nitrogens is 2. The summed E-state index contributed by atoms with van der Waals surface area (Å²) in [5.74, 6) is -0.541. The first-order chi connectivity index (χ1) is 14.8. The van der Waals surface area contributed by atoms with Crippen molar-refractivity contribution in [1.29, 1.82) is 0 Å². The predicted octanol–water partition coefficient (Wildman–Crippen LogP) is 2.08. The molecule has 2 aliphatic rings. The molecule has 0 aliphatic carbocycles. The van der Waals surface area contributed by atoms with Crippen LogP contribution in [0.1, 0.15) is 5.56 Å². The Morgan fingerprint density at radius 1 is 1.32 bits per heavy atom. The van der Waals surface area contributed by atoms with Gasteiger partial charge in [0.1, 0.15) is 12.8 Å². The first-order valence-electron chi connectivity index (χ1n) is 9.57. The van der Waals surface area contributed by atoms with Crippen molar-refractivity contribution in [2.24, 2.45) is 0 Å². The molecule has 0 radical (unpaired) electrons. The van der Waals surface area contributed by atoms with Crippen molar-refractivity contribution in [2.75, 3.05) is 37.8 Å². The molecule has 0 bridgehead atoms. The van der Waals surface area contributed by atoms with Gasteiger partial charge in [-0.3, -0.25) is 4.57 Å². The molecule has 4 rings (SSSR count). The van der Waals surface area contributed by atoms with Crippen LogP contribution < -0.4 is 19.7 Å². The number of imidazole rings is 1. The molecule has 1 atom stereocenters. The maximum absolute atomic E-state index is 12.8. The molecule has 1 fully saturated rings. The van der Waals surface area contributed by atoms with E-state index in [-0.39, 0.29) is 30.2 Å². The lowest BCUT2D eigenvalue weighted by molar-refractivity contribution is -0.389. The lowest BCUT2D eigenvalue weighted by atomic mass is 10.1. The number of rotatable bonds is 6. The minimum Gasteiger partial charge on any atom is -0.444 e. The molecular weight excluding hydrogens is 423 g/mol. The normalized spacial score (nSPS) is 18.9. The Kier molecular flexibility index (Phi) is 5.87. The molecule has 168 valence electrons. The lowest BCUT2D eigenvalue weighted by Gasteiger charge is -2.31. The molecule has 0 saturated carbocycles. The molecule has 31 heavy (non-hydrogen) atoms. The molecule has 1 aromatic heterocycles. The summed E-state index contributed by atoms with van der Waals surface area (Å²) in [7, 11) is 0. The van der Waals surface area contributed by atoms with E-state index < -0.39 is 11.3 Å². The van der Waals surface area contributed by atoms with Gasteiger partial charge in [-0.05, 0) is 22.6 Å². The molecule has 0 spiro atoms. The van der Waals surface area contributed by atoms with E-state index in [9.17, 15) is 23.3 Å². The third-order valence-corrected chi connectivity index (χ3v) is 4.94. The Hall–Kier alpha value is -3.06. The van der Waals surface area contributed by atoms with E-state index in [2.05, 4.69) is 15.0 Å². The summed E-state index contributed by atoms with van der Waals surface area (Å²) in [6, 6.07) is 4.57. The monoisotopic (exact) mass is 443 g/mol. The summed E-state index contributed by atoms with van der Waals surface area (Å²) in [4.78, 5) is 15.9. The largest absolute Gasteiger partial charge is 0.573 e. The van der Waals surface area contributed by atoms with Gasteiger partial charge in [0.15, 0.2) is 5.75 Å². The summed E-state index contributed by atoms with van der Waals surface area (Å²) < 4.78 is 54.9. The van der Waals surface area contributed by atoms with E-state index in [1.54, 1.807) is 21.6 Å². The summed E-state index contributed by atoms with van der Waals surface area (Å²) in [5.41, 5.74) is 1.12. The van der Waals surface area contributed by atoms with Crippen LogP contribution in [0.5, 0.6) is 11.8 Å². The molecule has 13 heteroatoms. The molecule has 0 amide bonds. The van der Waals surface area contributed by atoms with Crippen LogP contribution in [0.4, 0.5) is 24.7 Å². The van der Waals surface area contributed by atoms with Crippen molar-refractivity contribution >= 4 is 11.5 Å². The second kappa shape index (κ2) is 8.59. The fraction of sp³-hybridized carbons (Fsp3) is 0.500. The Morgan fingerprint density at radius 3 is 2.81 bits per heavy atom. The van der Waals surface area contributed by atoms with Crippen molar-refractivity contribution < 1.29 is 32.3 Å². The van der Waals surface area contributed by atoms with Crippen LogP contribution in [-0.4, -0.2) is 59.8 Å². The average Bonchev–Trinajstić information content (AvgIpc) is 3.16. The minimum absolute atomic E-state index is 0.153. The standard InChI is InChI=1S/C18H20F3N5O5/c19-18(20,21)31-15-2-1-12(7-14(15)24-3-5-29-6-4-24)8-22-13-9-25-10-16(26(27)28)23-17(25)30-11-13/h1-2,7,10,13,22H,3-6,8-9,11H2/t13-/m0/s1. The van der Waals surface area contributed by atoms with E-state index in [1.165, 1.54) is 12.3 Å². The van der Waals surface area contributed by atoms with Gasteiger partial charge in [0.2, 0.25) is 0 Å². The van der Waals surface area contributed by atoms with Crippen molar-refractivity contribution in [2.45, 2.75) is 25.5 Å². The van der Waals surface area contributed by atoms with Crippen LogP contribution in [-0.2, 0) is 17.8 Å². The van der Waals surface area contributed by atoms with Crippen LogP contribution in [0.2, 0.25) is 0 Å². The van der Waals surface area contributed by atoms with Gasteiger partial charge in [-0.1, -0.05) is 6.07 Å². The van der Waals surface area contributed by atoms with Crippen LogP contribution >= 0.6 is 0 Å². The van der Waals surface area contributed by atoms with E-state index in [0.29, 0.717) is 45.1 Å². The van der Waals surface area contributed by atoms with Gasteiger partial charge >= 0.3 is 18.2 Å². The topological polar surface area (TPSA) is 104 Å². The van der Waals surface area contributed by atoms with Gasteiger partial charge in [-0.15, -0.1) is 13.2 Å². The van der Waals surface area contributed by atoms with E-state index >= 15 is 0 Å². The number of fused-ring (bicyclic) bond motifs is 1. The van der Waals surface area contributed by atoms with E-state index in [1.807, 2.05) is 0 Å². The molecule has 0 unspecified atom stereocenters. The van der Waals surface area contributed by atoms with E-state index in [4.69, 9.17) is 9.47 Å². The highest BCUT2D eigenvalue weighted by Crippen LogP contribution is 2.34. The van der Waals surface area contributed by atoms with Crippen LogP contribution in [0, 0.1) is 10.1 Å².